The van der Waals surface area contributed by atoms with E-state index in [0.29, 0.717) is 5.41 Å². The zero-order valence-electron chi connectivity index (χ0n) is 11.7. The summed E-state index contributed by atoms with van der Waals surface area (Å²) in [5.74, 6) is 0.745. The van der Waals surface area contributed by atoms with Crippen LogP contribution in [0.1, 0.15) is 45.7 Å². The van der Waals surface area contributed by atoms with Gasteiger partial charge in [0.15, 0.2) is 0 Å². The quantitative estimate of drug-likeness (QED) is 0.839. The molecule has 1 aromatic rings. The first-order chi connectivity index (χ1) is 8.53. The molecule has 100 valence electrons. The lowest BCUT2D eigenvalue weighted by atomic mass is 9.93. The Hall–Kier alpha value is -1.09. The molecular weight excluding hydrogens is 224 g/mol. The van der Waals surface area contributed by atoms with Crippen LogP contribution in [0.4, 0.5) is 0 Å². The minimum absolute atomic E-state index is 0.311. The van der Waals surface area contributed by atoms with E-state index in [4.69, 9.17) is 4.74 Å². The SMILES string of the molecule is CC(C)(C)CCOc1cccc(CNC2CC2)n1. The minimum atomic E-state index is 0.311. The summed E-state index contributed by atoms with van der Waals surface area (Å²) in [6.07, 6.45) is 3.66. The molecule has 1 heterocycles. The highest BCUT2D eigenvalue weighted by Gasteiger charge is 2.20. The maximum Gasteiger partial charge on any atom is 0.213 e. The molecule has 0 radical (unpaired) electrons. The smallest absolute Gasteiger partial charge is 0.213 e. The van der Waals surface area contributed by atoms with Crippen molar-refractivity contribution in [2.45, 2.75) is 52.6 Å². The van der Waals surface area contributed by atoms with Crippen LogP contribution in [0.3, 0.4) is 0 Å². The van der Waals surface area contributed by atoms with E-state index < -0.39 is 0 Å². The Bertz CT molecular complexity index is 380. The highest BCUT2D eigenvalue weighted by molar-refractivity contribution is 5.15. The summed E-state index contributed by atoms with van der Waals surface area (Å²) in [7, 11) is 0. The molecule has 0 amide bonds. The molecule has 3 nitrogen and oxygen atoms in total. The molecule has 0 spiro atoms. The number of rotatable bonds is 6. The standard InChI is InChI=1S/C15H24N2O/c1-15(2,3)9-10-18-14-6-4-5-13(17-14)11-16-12-7-8-12/h4-6,12,16H,7-11H2,1-3H3. The average Bonchev–Trinajstić information content (AvgIpc) is 3.09. The van der Waals surface area contributed by atoms with E-state index in [1.165, 1.54) is 12.8 Å². The van der Waals surface area contributed by atoms with Gasteiger partial charge in [0.1, 0.15) is 0 Å². The van der Waals surface area contributed by atoms with E-state index in [9.17, 15) is 0 Å². The first-order valence-corrected chi connectivity index (χ1v) is 6.85. The minimum Gasteiger partial charge on any atom is -0.478 e. The third kappa shape index (κ3) is 5.05. The molecule has 0 aromatic carbocycles. The summed E-state index contributed by atoms with van der Waals surface area (Å²) >= 11 is 0. The van der Waals surface area contributed by atoms with Crippen LogP contribution in [0.5, 0.6) is 5.88 Å². The second-order valence-corrected chi connectivity index (χ2v) is 6.28. The first-order valence-electron chi connectivity index (χ1n) is 6.85. The lowest BCUT2D eigenvalue weighted by Gasteiger charge is -2.17. The average molecular weight is 248 g/mol. The molecular formula is C15H24N2O. The van der Waals surface area contributed by atoms with Crippen LogP contribution in [0.2, 0.25) is 0 Å². The Morgan fingerprint density at radius 2 is 2.11 bits per heavy atom. The van der Waals surface area contributed by atoms with Gasteiger partial charge in [0.25, 0.3) is 0 Å². The third-order valence-corrected chi connectivity index (χ3v) is 3.03. The van der Waals surface area contributed by atoms with Crippen LogP contribution in [-0.2, 0) is 6.54 Å². The first kappa shape index (κ1) is 13.3. The fourth-order valence-corrected chi connectivity index (χ4v) is 1.63. The van der Waals surface area contributed by atoms with Crippen LogP contribution in [0.25, 0.3) is 0 Å². The molecule has 0 saturated heterocycles. The molecule has 1 saturated carbocycles. The van der Waals surface area contributed by atoms with Gasteiger partial charge in [0.2, 0.25) is 5.88 Å². The number of pyridine rings is 1. The molecule has 1 aromatic heterocycles. The van der Waals surface area contributed by atoms with Gasteiger partial charge in [-0.15, -0.1) is 0 Å². The number of nitrogens with zero attached hydrogens (tertiary/aromatic N) is 1. The van der Waals surface area contributed by atoms with Crippen molar-refractivity contribution >= 4 is 0 Å². The van der Waals surface area contributed by atoms with Crippen molar-refractivity contribution in [1.82, 2.24) is 10.3 Å². The van der Waals surface area contributed by atoms with Gasteiger partial charge < -0.3 is 10.1 Å². The topological polar surface area (TPSA) is 34.1 Å². The van der Waals surface area contributed by atoms with Gasteiger partial charge in [0, 0.05) is 18.7 Å². The molecule has 2 rings (SSSR count). The number of nitrogens with one attached hydrogen (secondary N) is 1. The van der Waals surface area contributed by atoms with E-state index in [1.807, 2.05) is 18.2 Å². The lowest BCUT2D eigenvalue weighted by Crippen LogP contribution is -2.16. The molecule has 0 unspecified atom stereocenters. The Kier molecular flexibility index (Phi) is 4.23. The maximum absolute atomic E-state index is 5.71. The second kappa shape index (κ2) is 5.70. The van der Waals surface area contributed by atoms with Gasteiger partial charge >= 0.3 is 0 Å². The van der Waals surface area contributed by atoms with Crippen LogP contribution < -0.4 is 10.1 Å². The Labute approximate surface area is 110 Å². The van der Waals surface area contributed by atoms with Crippen molar-refractivity contribution in [2.75, 3.05) is 6.61 Å². The fraction of sp³-hybridized carbons (Fsp3) is 0.667. The summed E-state index contributed by atoms with van der Waals surface area (Å²) in [4.78, 5) is 4.51. The zero-order valence-corrected chi connectivity index (χ0v) is 11.7. The van der Waals surface area contributed by atoms with Crippen molar-refractivity contribution in [3.05, 3.63) is 23.9 Å². The van der Waals surface area contributed by atoms with E-state index in [1.54, 1.807) is 0 Å². The van der Waals surface area contributed by atoms with Gasteiger partial charge in [-0.05, 0) is 30.7 Å². The maximum atomic E-state index is 5.71. The molecule has 0 atom stereocenters. The molecule has 0 bridgehead atoms. The molecule has 1 aliphatic carbocycles. The summed E-state index contributed by atoms with van der Waals surface area (Å²) in [5.41, 5.74) is 1.38. The highest BCUT2D eigenvalue weighted by Crippen LogP contribution is 2.20. The molecule has 0 aliphatic heterocycles. The van der Waals surface area contributed by atoms with Crippen LogP contribution in [0, 0.1) is 5.41 Å². The molecule has 18 heavy (non-hydrogen) atoms. The second-order valence-electron chi connectivity index (χ2n) is 6.28. The molecule has 1 aliphatic rings. The lowest BCUT2D eigenvalue weighted by molar-refractivity contribution is 0.236. The summed E-state index contributed by atoms with van der Waals surface area (Å²) in [6, 6.07) is 6.72. The van der Waals surface area contributed by atoms with Crippen molar-refractivity contribution < 1.29 is 4.74 Å². The molecule has 3 heteroatoms. The highest BCUT2D eigenvalue weighted by atomic mass is 16.5. The van der Waals surface area contributed by atoms with Crippen LogP contribution >= 0.6 is 0 Å². The molecule has 1 fully saturated rings. The predicted molar refractivity (Wildman–Crippen MR) is 73.7 cm³/mol. The van der Waals surface area contributed by atoms with E-state index in [0.717, 1.165) is 37.2 Å². The Morgan fingerprint density at radius 3 is 2.78 bits per heavy atom. The van der Waals surface area contributed by atoms with Gasteiger partial charge in [-0.3, -0.25) is 0 Å². The van der Waals surface area contributed by atoms with Crippen molar-refractivity contribution in [3.8, 4) is 5.88 Å². The van der Waals surface area contributed by atoms with Crippen molar-refractivity contribution in [2.24, 2.45) is 5.41 Å². The Balaban J connectivity index is 1.78. The normalized spacial score (nSPS) is 15.7. The zero-order chi connectivity index (χ0) is 13.0. The number of aromatic nitrogens is 1. The summed E-state index contributed by atoms with van der Waals surface area (Å²) in [6.45, 7) is 8.25. The van der Waals surface area contributed by atoms with Gasteiger partial charge in [-0.25, -0.2) is 4.98 Å². The summed E-state index contributed by atoms with van der Waals surface area (Å²) < 4.78 is 5.71. The molecule has 1 N–H and O–H groups in total. The Morgan fingerprint density at radius 1 is 1.33 bits per heavy atom. The number of hydrogen-bond acceptors (Lipinski definition) is 3. The van der Waals surface area contributed by atoms with Gasteiger partial charge in [0.05, 0.1) is 12.3 Å². The largest absolute Gasteiger partial charge is 0.478 e. The monoisotopic (exact) mass is 248 g/mol. The van der Waals surface area contributed by atoms with Crippen molar-refractivity contribution in [3.63, 3.8) is 0 Å². The van der Waals surface area contributed by atoms with E-state index >= 15 is 0 Å². The van der Waals surface area contributed by atoms with Gasteiger partial charge in [-0.1, -0.05) is 26.8 Å². The van der Waals surface area contributed by atoms with Crippen LogP contribution in [-0.4, -0.2) is 17.6 Å². The van der Waals surface area contributed by atoms with Crippen LogP contribution in [0.15, 0.2) is 18.2 Å². The van der Waals surface area contributed by atoms with Gasteiger partial charge in [-0.2, -0.15) is 0 Å². The third-order valence-electron chi connectivity index (χ3n) is 3.03. The van der Waals surface area contributed by atoms with E-state index in [2.05, 4.69) is 31.1 Å². The van der Waals surface area contributed by atoms with Crippen molar-refractivity contribution in [1.29, 1.82) is 0 Å². The summed E-state index contributed by atoms with van der Waals surface area (Å²) in [5, 5.41) is 3.46. The fourth-order valence-electron chi connectivity index (χ4n) is 1.63. The number of hydrogen-bond donors (Lipinski definition) is 1. The number of ether oxygens (including phenoxy) is 1. The van der Waals surface area contributed by atoms with E-state index in [-0.39, 0.29) is 0 Å². The predicted octanol–water partition coefficient (Wildman–Crippen LogP) is 3.15.